The van der Waals surface area contributed by atoms with Crippen molar-refractivity contribution in [2.24, 2.45) is 0 Å². The summed E-state index contributed by atoms with van der Waals surface area (Å²) < 4.78 is 16.3. The van der Waals surface area contributed by atoms with E-state index in [1.54, 1.807) is 13.0 Å². The number of ether oxygens (including phenoxy) is 3. The Morgan fingerprint density at radius 1 is 1.67 bits per heavy atom. The molecule has 1 unspecified atom stereocenters. The Hall–Kier alpha value is -0.140. The maximum absolute atomic E-state index is 11.3. The fraction of sp³-hybridized carbons (Fsp3) is 0.700. The van der Waals surface area contributed by atoms with Gasteiger partial charge in [-0.15, -0.1) is 0 Å². The van der Waals surface area contributed by atoms with E-state index in [0.29, 0.717) is 16.8 Å². The Kier molecular flexibility index (Phi) is 4.54. The molecular formula is C10H15IO4. The van der Waals surface area contributed by atoms with Crippen molar-refractivity contribution in [3.8, 4) is 0 Å². The fourth-order valence-corrected chi connectivity index (χ4v) is 1.79. The lowest BCUT2D eigenvalue weighted by molar-refractivity contribution is -0.138. The van der Waals surface area contributed by atoms with Crippen LogP contribution in [-0.2, 0) is 19.0 Å². The van der Waals surface area contributed by atoms with E-state index in [2.05, 4.69) is 0 Å². The third-order valence-electron chi connectivity index (χ3n) is 1.83. The molecule has 0 aromatic rings. The van der Waals surface area contributed by atoms with Gasteiger partial charge in [0.15, 0.2) is 5.79 Å². The van der Waals surface area contributed by atoms with Crippen molar-refractivity contribution in [1.29, 1.82) is 0 Å². The second-order valence-corrected chi connectivity index (χ2v) is 4.76. The van der Waals surface area contributed by atoms with Gasteiger partial charge in [0, 0.05) is 0 Å². The van der Waals surface area contributed by atoms with Gasteiger partial charge in [0.25, 0.3) is 0 Å². The quantitative estimate of drug-likeness (QED) is 0.452. The first-order chi connectivity index (χ1) is 6.94. The topological polar surface area (TPSA) is 44.8 Å². The molecule has 0 aromatic heterocycles. The molecule has 0 amide bonds. The molecule has 0 aliphatic carbocycles. The van der Waals surface area contributed by atoms with Crippen molar-refractivity contribution in [2.45, 2.75) is 32.7 Å². The van der Waals surface area contributed by atoms with Gasteiger partial charge in [0.2, 0.25) is 0 Å². The number of esters is 1. The van der Waals surface area contributed by atoms with Gasteiger partial charge in [-0.3, -0.25) is 0 Å². The largest absolute Gasteiger partial charge is 0.462 e. The lowest BCUT2D eigenvalue weighted by atomic mass is 10.3. The Labute approximate surface area is 103 Å². The molecule has 0 aromatic carbocycles. The van der Waals surface area contributed by atoms with Gasteiger partial charge in [-0.1, -0.05) is 0 Å². The van der Waals surface area contributed by atoms with E-state index in [-0.39, 0.29) is 12.1 Å². The molecule has 1 fully saturated rings. The molecule has 1 aliphatic heterocycles. The average Bonchev–Trinajstić information content (AvgIpc) is 2.46. The summed E-state index contributed by atoms with van der Waals surface area (Å²) in [6.07, 6.45) is 1.56. The van der Waals surface area contributed by atoms with Gasteiger partial charge in [-0.2, -0.15) is 0 Å². The van der Waals surface area contributed by atoms with E-state index in [4.69, 9.17) is 14.2 Å². The predicted molar refractivity (Wildman–Crippen MR) is 63.6 cm³/mol. The summed E-state index contributed by atoms with van der Waals surface area (Å²) in [4.78, 5) is 11.3. The van der Waals surface area contributed by atoms with Crippen LogP contribution in [0.2, 0.25) is 0 Å². The molecule has 4 nitrogen and oxygen atoms in total. The number of carbonyl (C=O) groups is 1. The first kappa shape index (κ1) is 12.9. The summed E-state index contributed by atoms with van der Waals surface area (Å²) in [5, 5.41) is 0. The summed E-state index contributed by atoms with van der Waals surface area (Å²) in [6.45, 7) is 6.32. The third-order valence-corrected chi connectivity index (χ3v) is 2.63. The van der Waals surface area contributed by atoms with Crippen LogP contribution in [0.3, 0.4) is 0 Å². The van der Waals surface area contributed by atoms with Gasteiger partial charge in [0.05, 0.1) is 16.8 Å². The van der Waals surface area contributed by atoms with Crippen molar-refractivity contribution < 1.29 is 19.0 Å². The van der Waals surface area contributed by atoms with Crippen LogP contribution in [0, 0.1) is 0 Å². The van der Waals surface area contributed by atoms with Crippen LogP contribution in [-0.4, -0.2) is 31.1 Å². The molecule has 0 N–H and O–H groups in total. The SMILES string of the molecule is CCOC(=O)/C(I)=C/C1COC(C)(C)O1. The van der Waals surface area contributed by atoms with Crippen LogP contribution in [0.1, 0.15) is 20.8 Å². The normalized spacial score (nSPS) is 25.3. The van der Waals surface area contributed by atoms with Gasteiger partial charge < -0.3 is 14.2 Å². The van der Waals surface area contributed by atoms with E-state index in [9.17, 15) is 4.79 Å². The summed E-state index contributed by atoms with van der Waals surface area (Å²) in [5.74, 6) is -0.876. The highest BCUT2D eigenvalue weighted by Crippen LogP contribution is 2.24. The van der Waals surface area contributed by atoms with Crippen LogP contribution >= 0.6 is 22.6 Å². The minimum Gasteiger partial charge on any atom is -0.462 e. The number of hydrogen-bond donors (Lipinski definition) is 0. The van der Waals surface area contributed by atoms with Crippen LogP contribution in [0.5, 0.6) is 0 Å². The summed E-state index contributed by atoms with van der Waals surface area (Å²) in [6, 6.07) is 0. The Bertz CT molecular complexity index is 273. The standard InChI is InChI=1S/C10H15IO4/c1-4-13-9(12)8(11)5-7-6-14-10(2,3)15-7/h5,7H,4,6H2,1-3H3/b8-5-. The van der Waals surface area contributed by atoms with E-state index in [1.807, 2.05) is 36.4 Å². The van der Waals surface area contributed by atoms with Gasteiger partial charge >= 0.3 is 5.97 Å². The highest BCUT2D eigenvalue weighted by Gasteiger charge is 2.31. The fourth-order valence-electron chi connectivity index (χ4n) is 1.23. The average molecular weight is 326 g/mol. The molecule has 1 rings (SSSR count). The molecular weight excluding hydrogens is 311 g/mol. The van der Waals surface area contributed by atoms with E-state index in [0.717, 1.165) is 0 Å². The monoisotopic (exact) mass is 326 g/mol. The van der Waals surface area contributed by atoms with Crippen molar-refractivity contribution in [3.63, 3.8) is 0 Å². The Balaban J connectivity index is 2.53. The molecule has 1 heterocycles. The van der Waals surface area contributed by atoms with Crippen LogP contribution < -0.4 is 0 Å². The van der Waals surface area contributed by atoms with Crippen LogP contribution in [0.15, 0.2) is 9.66 Å². The lowest BCUT2D eigenvalue weighted by Gasteiger charge is -2.15. The number of halogens is 1. The summed E-state index contributed by atoms with van der Waals surface area (Å²) in [7, 11) is 0. The number of carbonyl (C=O) groups excluding carboxylic acids is 1. The molecule has 1 saturated heterocycles. The highest BCUT2D eigenvalue weighted by atomic mass is 127. The molecule has 0 spiro atoms. The molecule has 15 heavy (non-hydrogen) atoms. The predicted octanol–water partition coefficient (Wildman–Crippen LogP) is 2.02. The highest BCUT2D eigenvalue weighted by molar-refractivity contribution is 14.1. The molecule has 5 heteroatoms. The molecule has 1 atom stereocenters. The molecule has 1 aliphatic rings. The van der Waals surface area contributed by atoms with Crippen LogP contribution in [0.25, 0.3) is 0 Å². The molecule has 86 valence electrons. The van der Waals surface area contributed by atoms with Crippen molar-refractivity contribution in [3.05, 3.63) is 9.66 Å². The first-order valence-electron chi connectivity index (χ1n) is 4.81. The molecule has 0 bridgehead atoms. The van der Waals surface area contributed by atoms with Crippen molar-refractivity contribution >= 4 is 28.6 Å². The van der Waals surface area contributed by atoms with E-state index < -0.39 is 5.79 Å². The maximum atomic E-state index is 11.3. The minimum atomic E-state index is -0.563. The van der Waals surface area contributed by atoms with Crippen molar-refractivity contribution in [2.75, 3.05) is 13.2 Å². The minimum absolute atomic E-state index is 0.170. The van der Waals surface area contributed by atoms with Gasteiger partial charge in [0.1, 0.15) is 6.10 Å². The molecule has 0 saturated carbocycles. The molecule has 0 radical (unpaired) electrons. The summed E-state index contributed by atoms with van der Waals surface area (Å²) >= 11 is 1.94. The van der Waals surface area contributed by atoms with E-state index in [1.165, 1.54) is 0 Å². The Morgan fingerprint density at radius 2 is 2.33 bits per heavy atom. The second kappa shape index (κ2) is 5.27. The number of rotatable bonds is 3. The van der Waals surface area contributed by atoms with Gasteiger partial charge in [-0.25, -0.2) is 4.79 Å². The third kappa shape index (κ3) is 4.08. The van der Waals surface area contributed by atoms with Gasteiger partial charge in [-0.05, 0) is 49.4 Å². The Morgan fingerprint density at radius 3 is 2.80 bits per heavy atom. The first-order valence-corrected chi connectivity index (χ1v) is 5.88. The number of hydrogen-bond acceptors (Lipinski definition) is 4. The lowest BCUT2D eigenvalue weighted by Crippen LogP contribution is -2.21. The summed E-state index contributed by atoms with van der Waals surface area (Å²) in [5.41, 5.74) is 0. The van der Waals surface area contributed by atoms with E-state index >= 15 is 0 Å². The smallest absolute Gasteiger partial charge is 0.344 e. The zero-order valence-electron chi connectivity index (χ0n) is 9.08. The van der Waals surface area contributed by atoms with Crippen molar-refractivity contribution in [1.82, 2.24) is 0 Å². The maximum Gasteiger partial charge on any atom is 0.344 e. The second-order valence-electron chi connectivity index (χ2n) is 3.60. The zero-order chi connectivity index (χ0) is 11.5. The van der Waals surface area contributed by atoms with Crippen LogP contribution in [0.4, 0.5) is 0 Å². The zero-order valence-corrected chi connectivity index (χ0v) is 11.2.